The van der Waals surface area contributed by atoms with Gasteiger partial charge in [-0.05, 0) is 24.6 Å². The lowest BCUT2D eigenvalue weighted by atomic mass is 10.2. The third-order valence-corrected chi connectivity index (χ3v) is 2.73. The van der Waals surface area contributed by atoms with Crippen LogP contribution in [-0.4, -0.2) is 22.6 Å². The molecule has 0 saturated carbocycles. The third-order valence-electron chi connectivity index (χ3n) is 2.73. The van der Waals surface area contributed by atoms with Gasteiger partial charge < -0.3 is 10.6 Å². The second-order valence-electron chi connectivity index (χ2n) is 4.24. The zero-order valence-corrected chi connectivity index (χ0v) is 11.1. The average molecular weight is 269 g/mol. The molecular formula is C14H15N5O. The number of H-pyrrole nitrogens is 1. The summed E-state index contributed by atoms with van der Waals surface area (Å²) in [6, 6.07) is 7.49. The van der Waals surface area contributed by atoms with E-state index >= 15 is 0 Å². The van der Waals surface area contributed by atoms with Crippen molar-refractivity contribution in [1.29, 1.82) is 5.26 Å². The predicted molar refractivity (Wildman–Crippen MR) is 76.7 cm³/mol. The maximum atomic E-state index is 11.7. The molecule has 0 radical (unpaired) electrons. The van der Waals surface area contributed by atoms with Gasteiger partial charge in [0.15, 0.2) is 0 Å². The number of carbonyl (C=O) groups is 1. The molecular weight excluding hydrogens is 254 g/mol. The number of anilines is 1. The molecule has 0 saturated heterocycles. The lowest BCUT2D eigenvalue weighted by Gasteiger charge is -2.04. The summed E-state index contributed by atoms with van der Waals surface area (Å²) in [7, 11) is 0. The van der Waals surface area contributed by atoms with Crippen molar-refractivity contribution in [2.45, 2.75) is 13.3 Å². The van der Waals surface area contributed by atoms with Crippen LogP contribution >= 0.6 is 0 Å². The number of nitrogens with zero attached hydrogens (tertiary/aromatic N) is 2. The van der Waals surface area contributed by atoms with E-state index in [1.165, 1.54) is 6.20 Å². The first-order chi connectivity index (χ1) is 9.74. The summed E-state index contributed by atoms with van der Waals surface area (Å²) in [6.45, 7) is 2.51. The van der Waals surface area contributed by atoms with Gasteiger partial charge in [0.25, 0.3) is 5.91 Å². The number of hydrogen-bond donors (Lipinski definition) is 3. The van der Waals surface area contributed by atoms with Crippen molar-refractivity contribution < 1.29 is 4.79 Å². The average Bonchev–Trinajstić information content (AvgIpc) is 2.93. The lowest BCUT2D eigenvalue weighted by Crippen LogP contribution is -2.25. The topological polar surface area (TPSA) is 93.6 Å². The number of aromatic amines is 1. The number of fused-ring (bicyclic) bond motifs is 1. The number of nitriles is 1. The Labute approximate surface area is 116 Å². The Hall–Kier alpha value is -2.81. The monoisotopic (exact) mass is 269 g/mol. The quantitative estimate of drug-likeness (QED) is 0.571. The molecule has 6 nitrogen and oxygen atoms in total. The molecule has 20 heavy (non-hydrogen) atoms. The van der Waals surface area contributed by atoms with Crippen LogP contribution in [0.15, 0.2) is 36.2 Å². The predicted octanol–water partition coefficient (Wildman–Crippen LogP) is 1.91. The summed E-state index contributed by atoms with van der Waals surface area (Å²) in [5.41, 5.74) is 1.71. The fourth-order valence-electron chi connectivity index (χ4n) is 1.66. The van der Waals surface area contributed by atoms with Crippen molar-refractivity contribution in [3.05, 3.63) is 36.2 Å². The zero-order valence-electron chi connectivity index (χ0n) is 11.1. The molecule has 0 spiro atoms. The van der Waals surface area contributed by atoms with Gasteiger partial charge in [0.1, 0.15) is 11.6 Å². The second kappa shape index (κ2) is 6.38. The van der Waals surface area contributed by atoms with Gasteiger partial charge in [0.05, 0.1) is 11.7 Å². The van der Waals surface area contributed by atoms with E-state index in [0.29, 0.717) is 6.54 Å². The number of amides is 1. The first-order valence-electron chi connectivity index (χ1n) is 6.32. The zero-order chi connectivity index (χ0) is 14.4. The molecule has 0 atom stereocenters. The first-order valence-corrected chi connectivity index (χ1v) is 6.32. The molecule has 1 amide bonds. The molecule has 0 unspecified atom stereocenters. The molecule has 0 aliphatic carbocycles. The van der Waals surface area contributed by atoms with E-state index in [9.17, 15) is 4.79 Å². The maximum Gasteiger partial charge on any atom is 0.263 e. The van der Waals surface area contributed by atoms with Crippen LogP contribution in [0.4, 0.5) is 5.69 Å². The van der Waals surface area contributed by atoms with Crippen LogP contribution in [0, 0.1) is 11.3 Å². The summed E-state index contributed by atoms with van der Waals surface area (Å²) in [4.78, 5) is 11.7. The Morgan fingerprint density at radius 1 is 1.55 bits per heavy atom. The summed E-state index contributed by atoms with van der Waals surface area (Å²) in [5.74, 6) is -0.371. The summed E-state index contributed by atoms with van der Waals surface area (Å²) < 4.78 is 0. The lowest BCUT2D eigenvalue weighted by molar-refractivity contribution is -0.117. The first kappa shape index (κ1) is 13.6. The van der Waals surface area contributed by atoms with Crippen LogP contribution in [0.1, 0.15) is 13.3 Å². The highest BCUT2D eigenvalue weighted by molar-refractivity contribution is 5.97. The molecule has 102 valence electrons. The molecule has 1 aromatic heterocycles. The van der Waals surface area contributed by atoms with Gasteiger partial charge in [-0.15, -0.1) is 0 Å². The van der Waals surface area contributed by atoms with Gasteiger partial charge in [-0.1, -0.05) is 6.92 Å². The second-order valence-corrected chi connectivity index (χ2v) is 4.24. The Bertz CT molecular complexity index is 680. The van der Waals surface area contributed by atoms with Gasteiger partial charge in [-0.3, -0.25) is 9.89 Å². The molecule has 1 aromatic carbocycles. The fourth-order valence-corrected chi connectivity index (χ4v) is 1.66. The van der Waals surface area contributed by atoms with Gasteiger partial charge in [0.2, 0.25) is 0 Å². The van der Waals surface area contributed by atoms with Crippen LogP contribution in [0.5, 0.6) is 0 Å². The fraction of sp³-hybridized carbons (Fsp3) is 0.214. The molecule has 2 rings (SSSR count). The smallest absolute Gasteiger partial charge is 0.263 e. The number of carbonyl (C=O) groups excluding carboxylic acids is 1. The van der Waals surface area contributed by atoms with Gasteiger partial charge in [-0.25, -0.2) is 0 Å². The van der Waals surface area contributed by atoms with Crippen LogP contribution in [0.2, 0.25) is 0 Å². The number of rotatable bonds is 5. The summed E-state index contributed by atoms with van der Waals surface area (Å²) in [6.07, 6.45) is 3.96. The standard InChI is InChI=1S/C14H15N5O/c1-2-5-16-14(20)11(7-15)8-17-12-4-3-10-9-18-19-13(10)6-12/h3-4,6,8-9,17H,2,5H2,1H3,(H,16,20)(H,18,19)/b11-8-. The number of benzene rings is 1. The minimum absolute atomic E-state index is 0.0446. The molecule has 0 aliphatic rings. The van der Waals surface area contributed by atoms with Crippen molar-refractivity contribution in [2.24, 2.45) is 0 Å². The molecule has 3 N–H and O–H groups in total. The van der Waals surface area contributed by atoms with Gasteiger partial charge in [-0.2, -0.15) is 10.4 Å². The Kier molecular flexibility index (Phi) is 4.35. The number of aromatic nitrogens is 2. The van der Waals surface area contributed by atoms with Gasteiger partial charge >= 0.3 is 0 Å². The highest BCUT2D eigenvalue weighted by atomic mass is 16.1. The van der Waals surface area contributed by atoms with E-state index in [0.717, 1.165) is 23.0 Å². The van der Waals surface area contributed by atoms with Crippen LogP contribution < -0.4 is 10.6 Å². The largest absolute Gasteiger partial charge is 0.360 e. The Morgan fingerprint density at radius 2 is 2.40 bits per heavy atom. The summed E-state index contributed by atoms with van der Waals surface area (Å²) in [5, 5.41) is 22.4. The Morgan fingerprint density at radius 3 is 3.15 bits per heavy atom. The molecule has 0 fully saturated rings. The Balaban J connectivity index is 2.09. The number of hydrogen-bond acceptors (Lipinski definition) is 4. The minimum atomic E-state index is -0.371. The molecule has 0 bridgehead atoms. The highest BCUT2D eigenvalue weighted by Crippen LogP contribution is 2.16. The van der Waals surface area contributed by atoms with E-state index in [4.69, 9.17) is 5.26 Å². The van der Waals surface area contributed by atoms with Crippen molar-refractivity contribution in [1.82, 2.24) is 15.5 Å². The van der Waals surface area contributed by atoms with E-state index in [1.54, 1.807) is 6.20 Å². The highest BCUT2D eigenvalue weighted by Gasteiger charge is 2.07. The molecule has 1 heterocycles. The number of nitrogens with one attached hydrogen (secondary N) is 3. The van der Waals surface area contributed by atoms with E-state index < -0.39 is 0 Å². The maximum absolute atomic E-state index is 11.7. The van der Waals surface area contributed by atoms with Crippen LogP contribution in [-0.2, 0) is 4.79 Å². The normalized spacial score (nSPS) is 11.1. The van der Waals surface area contributed by atoms with Crippen molar-refractivity contribution in [3.8, 4) is 6.07 Å². The minimum Gasteiger partial charge on any atom is -0.360 e. The third kappa shape index (κ3) is 3.14. The van der Waals surface area contributed by atoms with E-state index in [1.807, 2.05) is 31.2 Å². The van der Waals surface area contributed by atoms with E-state index in [-0.39, 0.29) is 11.5 Å². The SMILES string of the molecule is CCCNC(=O)/C(C#N)=C\Nc1ccc2cn[nH]c2c1. The van der Waals surface area contributed by atoms with Crippen molar-refractivity contribution in [3.63, 3.8) is 0 Å². The van der Waals surface area contributed by atoms with Crippen molar-refractivity contribution in [2.75, 3.05) is 11.9 Å². The molecule has 2 aromatic rings. The van der Waals surface area contributed by atoms with Crippen LogP contribution in [0.3, 0.4) is 0 Å². The van der Waals surface area contributed by atoms with Gasteiger partial charge in [0, 0.05) is 23.8 Å². The summed E-state index contributed by atoms with van der Waals surface area (Å²) >= 11 is 0. The van der Waals surface area contributed by atoms with E-state index in [2.05, 4.69) is 20.8 Å². The molecule has 0 aliphatic heterocycles. The molecule has 6 heteroatoms. The van der Waals surface area contributed by atoms with Crippen LogP contribution in [0.25, 0.3) is 10.9 Å². The van der Waals surface area contributed by atoms with Crippen molar-refractivity contribution >= 4 is 22.5 Å².